The predicted octanol–water partition coefficient (Wildman–Crippen LogP) is 2.31. The molecule has 0 radical (unpaired) electrons. The van der Waals surface area contributed by atoms with Crippen LogP contribution >= 0.6 is 11.6 Å². The summed E-state index contributed by atoms with van der Waals surface area (Å²) < 4.78 is 25.5. The molecule has 0 saturated carbocycles. The molecule has 5 heteroatoms. The lowest BCUT2D eigenvalue weighted by molar-refractivity contribution is 0.0171. The smallest absolute Gasteiger partial charge is 0.272 e. The van der Waals surface area contributed by atoms with E-state index in [2.05, 4.69) is 4.98 Å². The fraction of sp³-hybridized carbons (Fsp3) is 0.375. The fourth-order valence-electron chi connectivity index (χ4n) is 0.856. The van der Waals surface area contributed by atoms with Crippen molar-refractivity contribution >= 4 is 11.6 Å². The number of alkyl halides is 2. The molecule has 1 rings (SSSR count). The number of halogens is 3. The van der Waals surface area contributed by atoms with Gasteiger partial charge in [0, 0.05) is 25.2 Å². The van der Waals surface area contributed by atoms with Gasteiger partial charge in [-0.05, 0) is 6.07 Å². The van der Waals surface area contributed by atoms with Crippen molar-refractivity contribution in [1.29, 1.82) is 0 Å². The molecule has 1 aromatic rings. The van der Waals surface area contributed by atoms with Crippen molar-refractivity contribution in [1.82, 2.24) is 4.98 Å². The monoisotopic (exact) mass is 206 g/mol. The van der Waals surface area contributed by atoms with Gasteiger partial charge in [0.2, 0.25) is 0 Å². The van der Waals surface area contributed by atoms with Crippen LogP contribution in [0.1, 0.15) is 18.2 Å². The summed E-state index contributed by atoms with van der Waals surface area (Å²) in [4.78, 5) is 3.73. The van der Waals surface area contributed by atoms with Gasteiger partial charge in [0.25, 0.3) is 5.92 Å². The molecule has 1 aromatic heterocycles. The number of nitrogens with two attached hydrogens (primary N) is 1. The van der Waals surface area contributed by atoms with Gasteiger partial charge in [-0.25, -0.2) is 8.78 Å². The lowest BCUT2D eigenvalue weighted by Crippen LogP contribution is -2.09. The van der Waals surface area contributed by atoms with Gasteiger partial charge in [0.1, 0.15) is 0 Å². The highest BCUT2D eigenvalue weighted by Gasteiger charge is 2.25. The van der Waals surface area contributed by atoms with Crippen molar-refractivity contribution in [2.24, 2.45) is 5.73 Å². The highest BCUT2D eigenvalue weighted by molar-refractivity contribution is 6.31. The molecule has 1 heterocycles. The molecule has 0 saturated heterocycles. The van der Waals surface area contributed by atoms with E-state index < -0.39 is 5.92 Å². The van der Waals surface area contributed by atoms with E-state index in [1.165, 1.54) is 6.07 Å². The van der Waals surface area contributed by atoms with E-state index in [1.54, 1.807) is 0 Å². The van der Waals surface area contributed by atoms with Crippen molar-refractivity contribution in [2.45, 2.75) is 19.4 Å². The Bertz CT molecular complexity index is 310. The van der Waals surface area contributed by atoms with Gasteiger partial charge in [-0.2, -0.15) is 0 Å². The molecule has 72 valence electrons. The maximum absolute atomic E-state index is 12.7. The molecular weight excluding hydrogens is 198 g/mol. The van der Waals surface area contributed by atoms with Gasteiger partial charge in [0.15, 0.2) is 0 Å². The van der Waals surface area contributed by atoms with Crippen LogP contribution in [-0.2, 0) is 12.5 Å². The van der Waals surface area contributed by atoms with E-state index in [-0.39, 0.29) is 17.1 Å². The second-order valence-corrected chi connectivity index (χ2v) is 3.15. The largest absolute Gasteiger partial charge is 0.325 e. The molecular formula is C8H9ClF2N2. The zero-order chi connectivity index (χ0) is 10.1. The lowest BCUT2D eigenvalue weighted by atomic mass is 10.1. The molecule has 0 bridgehead atoms. The molecule has 2 N–H and O–H groups in total. The SMILES string of the molecule is CC(F)(F)c1cnc(CN)c(Cl)c1. The third-order valence-corrected chi connectivity index (χ3v) is 1.94. The summed E-state index contributed by atoms with van der Waals surface area (Å²) in [6, 6.07) is 1.19. The summed E-state index contributed by atoms with van der Waals surface area (Å²) >= 11 is 5.66. The Hall–Kier alpha value is -0.740. The molecule has 0 aliphatic heterocycles. The van der Waals surface area contributed by atoms with E-state index in [9.17, 15) is 8.78 Å². The second kappa shape index (κ2) is 3.55. The van der Waals surface area contributed by atoms with Crippen LogP contribution in [0.2, 0.25) is 5.02 Å². The summed E-state index contributed by atoms with van der Waals surface area (Å²) in [6.07, 6.45) is 1.09. The van der Waals surface area contributed by atoms with Gasteiger partial charge < -0.3 is 5.73 Å². The molecule has 2 nitrogen and oxygen atoms in total. The Balaban J connectivity index is 3.10. The van der Waals surface area contributed by atoms with Crippen LogP contribution in [0, 0.1) is 0 Å². The van der Waals surface area contributed by atoms with Crippen LogP contribution in [0.15, 0.2) is 12.3 Å². The van der Waals surface area contributed by atoms with Gasteiger partial charge in [-0.1, -0.05) is 11.6 Å². The number of pyridine rings is 1. The summed E-state index contributed by atoms with van der Waals surface area (Å²) in [6.45, 7) is 0.941. The first-order valence-corrected chi connectivity index (χ1v) is 4.05. The summed E-state index contributed by atoms with van der Waals surface area (Å²) in [5.41, 5.74) is 5.50. The third-order valence-electron chi connectivity index (χ3n) is 1.62. The van der Waals surface area contributed by atoms with Crippen LogP contribution in [0.4, 0.5) is 8.78 Å². The minimum Gasteiger partial charge on any atom is -0.325 e. The Morgan fingerprint density at radius 1 is 1.62 bits per heavy atom. The van der Waals surface area contributed by atoms with Crippen LogP contribution in [0.3, 0.4) is 0 Å². The first kappa shape index (κ1) is 10.3. The summed E-state index contributed by atoms with van der Waals surface area (Å²) in [7, 11) is 0. The Kier molecular flexibility index (Phi) is 2.83. The van der Waals surface area contributed by atoms with Gasteiger partial charge in [0.05, 0.1) is 10.7 Å². The van der Waals surface area contributed by atoms with Crippen LogP contribution in [-0.4, -0.2) is 4.98 Å². The Morgan fingerprint density at radius 2 is 2.23 bits per heavy atom. The van der Waals surface area contributed by atoms with E-state index in [0.29, 0.717) is 5.69 Å². The molecule has 0 spiro atoms. The molecule has 0 atom stereocenters. The number of hydrogen-bond donors (Lipinski definition) is 1. The van der Waals surface area contributed by atoms with Crippen molar-refractivity contribution in [3.05, 3.63) is 28.5 Å². The number of hydrogen-bond acceptors (Lipinski definition) is 2. The molecule has 13 heavy (non-hydrogen) atoms. The third kappa shape index (κ3) is 2.35. The molecule has 0 unspecified atom stereocenters. The summed E-state index contributed by atoms with van der Waals surface area (Å²) in [5, 5.41) is 0.182. The van der Waals surface area contributed by atoms with Crippen molar-refractivity contribution in [3.8, 4) is 0 Å². The van der Waals surface area contributed by atoms with E-state index in [0.717, 1.165) is 13.1 Å². The quantitative estimate of drug-likeness (QED) is 0.807. The second-order valence-electron chi connectivity index (χ2n) is 2.75. The fourth-order valence-corrected chi connectivity index (χ4v) is 1.10. The molecule has 0 amide bonds. The molecule has 0 aliphatic rings. The predicted molar refractivity (Wildman–Crippen MR) is 46.7 cm³/mol. The summed E-state index contributed by atoms with van der Waals surface area (Å²) in [5.74, 6) is -2.91. The topological polar surface area (TPSA) is 38.9 Å². The zero-order valence-electron chi connectivity index (χ0n) is 7.02. The Morgan fingerprint density at radius 3 is 2.62 bits per heavy atom. The average Bonchev–Trinajstić information content (AvgIpc) is 2.02. The molecule has 0 aliphatic carbocycles. The Labute approximate surface area is 79.7 Å². The lowest BCUT2D eigenvalue weighted by Gasteiger charge is -2.11. The first-order chi connectivity index (χ1) is 5.95. The highest BCUT2D eigenvalue weighted by Crippen LogP contribution is 2.28. The normalized spacial score (nSPS) is 11.8. The zero-order valence-corrected chi connectivity index (χ0v) is 7.78. The minimum absolute atomic E-state index is 0.147. The molecule has 0 fully saturated rings. The standard InChI is InChI=1S/C8H9ClF2N2/c1-8(10,11)5-2-6(9)7(3-12)13-4-5/h2,4H,3,12H2,1H3. The average molecular weight is 207 g/mol. The highest BCUT2D eigenvalue weighted by atomic mass is 35.5. The van der Waals surface area contributed by atoms with Crippen molar-refractivity contribution in [2.75, 3.05) is 0 Å². The van der Waals surface area contributed by atoms with Crippen molar-refractivity contribution < 1.29 is 8.78 Å². The number of aromatic nitrogens is 1. The maximum atomic E-state index is 12.7. The van der Waals surface area contributed by atoms with Gasteiger partial charge >= 0.3 is 0 Å². The van der Waals surface area contributed by atoms with E-state index in [1.807, 2.05) is 0 Å². The molecule has 0 aromatic carbocycles. The van der Waals surface area contributed by atoms with Crippen molar-refractivity contribution in [3.63, 3.8) is 0 Å². The van der Waals surface area contributed by atoms with Crippen LogP contribution in [0.5, 0.6) is 0 Å². The van der Waals surface area contributed by atoms with Crippen LogP contribution in [0.25, 0.3) is 0 Å². The van der Waals surface area contributed by atoms with Gasteiger partial charge in [-0.3, -0.25) is 4.98 Å². The van der Waals surface area contributed by atoms with Gasteiger partial charge in [-0.15, -0.1) is 0 Å². The number of rotatable bonds is 2. The van der Waals surface area contributed by atoms with E-state index in [4.69, 9.17) is 17.3 Å². The minimum atomic E-state index is -2.91. The first-order valence-electron chi connectivity index (χ1n) is 3.68. The van der Waals surface area contributed by atoms with Crippen LogP contribution < -0.4 is 5.73 Å². The number of nitrogens with zero attached hydrogens (tertiary/aromatic N) is 1. The maximum Gasteiger partial charge on any atom is 0.272 e. The van der Waals surface area contributed by atoms with E-state index >= 15 is 0 Å².